The molecule has 1 aliphatic heterocycles. The zero-order valence-electron chi connectivity index (χ0n) is 16.5. The predicted octanol–water partition coefficient (Wildman–Crippen LogP) is 4.85. The first-order valence-electron chi connectivity index (χ1n) is 10.3. The third kappa shape index (κ3) is 3.01. The summed E-state index contributed by atoms with van der Waals surface area (Å²) in [5.41, 5.74) is 0.737. The van der Waals surface area contributed by atoms with Crippen molar-refractivity contribution >= 4 is 5.91 Å². The lowest BCUT2D eigenvalue weighted by Crippen LogP contribution is -2.62. The molecular weight excluding hydrogens is 396 g/mol. The maximum absolute atomic E-state index is 14.6. The largest absolute Gasteiger partial charge is 0.332 e. The van der Waals surface area contributed by atoms with Gasteiger partial charge in [0, 0.05) is 35.7 Å². The van der Waals surface area contributed by atoms with E-state index in [1.807, 2.05) is 0 Å². The van der Waals surface area contributed by atoms with Crippen molar-refractivity contribution in [2.45, 2.75) is 44.6 Å². The minimum absolute atomic E-state index is 0.151. The van der Waals surface area contributed by atoms with Gasteiger partial charge in [0.2, 0.25) is 5.91 Å². The Kier molecular flexibility index (Phi) is 4.25. The second-order valence-electron chi connectivity index (χ2n) is 9.19. The molecule has 1 aromatic heterocycles. The SMILES string of the molecule is C[C@@H]1[C@H](Cc2cccc(-c3cc(F)cc(F)c3)n2)N(C(=O)C23CC(C2)C3)CC1(F)F. The summed E-state index contributed by atoms with van der Waals surface area (Å²) in [5, 5.41) is 0. The van der Waals surface area contributed by atoms with E-state index in [0.717, 1.165) is 25.3 Å². The van der Waals surface area contributed by atoms with E-state index in [1.165, 1.54) is 24.0 Å². The van der Waals surface area contributed by atoms with Crippen LogP contribution in [0.2, 0.25) is 0 Å². The quantitative estimate of drug-likeness (QED) is 0.665. The lowest BCUT2D eigenvalue weighted by Gasteiger charge is -2.61. The van der Waals surface area contributed by atoms with Gasteiger partial charge in [-0.25, -0.2) is 17.6 Å². The Hall–Kier alpha value is -2.44. The fourth-order valence-corrected chi connectivity index (χ4v) is 5.26. The Labute approximate surface area is 172 Å². The Balaban J connectivity index is 1.42. The highest BCUT2D eigenvalue weighted by molar-refractivity contribution is 5.86. The molecule has 2 aromatic rings. The standard InChI is InChI=1S/C23H22F4N2O/c1-13-20(29(12-23(13,26)27)21(30)22-9-14(10-22)11-22)8-18-3-2-4-19(28-18)15-5-16(24)7-17(25)6-15/h2-7,13-14,20H,8-12H2,1H3/t13-,14?,20+,22?/m1/s1. The molecule has 30 heavy (non-hydrogen) atoms. The number of benzene rings is 1. The number of hydrogen-bond donors (Lipinski definition) is 0. The summed E-state index contributed by atoms with van der Waals surface area (Å²) >= 11 is 0. The molecule has 3 nitrogen and oxygen atoms in total. The van der Waals surface area contributed by atoms with Gasteiger partial charge in [0.25, 0.3) is 5.92 Å². The van der Waals surface area contributed by atoms with Crippen molar-refractivity contribution in [3.05, 3.63) is 53.7 Å². The van der Waals surface area contributed by atoms with E-state index < -0.39 is 41.5 Å². The molecule has 1 amide bonds. The Morgan fingerprint density at radius 3 is 2.40 bits per heavy atom. The van der Waals surface area contributed by atoms with Crippen LogP contribution in [0.1, 0.15) is 31.9 Å². The highest BCUT2D eigenvalue weighted by Crippen LogP contribution is 2.65. The van der Waals surface area contributed by atoms with Crippen LogP contribution in [0, 0.1) is 28.9 Å². The van der Waals surface area contributed by atoms with Crippen LogP contribution in [0.3, 0.4) is 0 Å². The van der Waals surface area contributed by atoms with Crippen molar-refractivity contribution in [3.8, 4) is 11.3 Å². The number of carbonyl (C=O) groups is 1. The summed E-state index contributed by atoms with van der Waals surface area (Å²) in [7, 11) is 0. The summed E-state index contributed by atoms with van der Waals surface area (Å²) in [6.07, 6.45) is 2.61. The Morgan fingerprint density at radius 1 is 1.13 bits per heavy atom. The van der Waals surface area contributed by atoms with Crippen LogP contribution in [0.4, 0.5) is 17.6 Å². The van der Waals surface area contributed by atoms with E-state index in [9.17, 15) is 22.4 Å². The molecule has 158 valence electrons. The molecule has 7 heteroatoms. The van der Waals surface area contributed by atoms with Crippen LogP contribution in [-0.2, 0) is 11.2 Å². The summed E-state index contributed by atoms with van der Waals surface area (Å²) in [4.78, 5) is 18.9. The van der Waals surface area contributed by atoms with Gasteiger partial charge in [-0.1, -0.05) is 13.0 Å². The van der Waals surface area contributed by atoms with Gasteiger partial charge in [-0.2, -0.15) is 0 Å². The Morgan fingerprint density at radius 2 is 1.80 bits per heavy atom. The molecule has 0 radical (unpaired) electrons. The second kappa shape index (κ2) is 6.53. The van der Waals surface area contributed by atoms with Crippen molar-refractivity contribution in [2.75, 3.05) is 6.54 Å². The third-order valence-electron chi connectivity index (χ3n) is 7.16. The minimum Gasteiger partial charge on any atom is -0.332 e. The molecule has 0 N–H and O–H groups in total. The van der Waals surface area contributed by atoms with E-state index in [2.05, 4.69) is 4.98 Å². The number of pyridine rings is 1. The van der Waals surface area contributed by atoms with E-state index in [1.54, 1.807) is 18.2 Å². The van der Waals surface area contributed by atoms with Crippen LogP contribution in [0.5, 0.6) is 0 Å². The molecule has 4 aliphatic rings. The second-order valence-corrected chi connectivity index (χ2v) is 9.19. The first-order valence-corrected chi connectivity index (χ1v) is 10.3. The van der Waals surface area contributed by atoms with E-state index in [4.69, 9.17) is 0 Å². The van der Waals surface area contributed by atoms with Gasteiger partial charge < -0.3 is 4.90 Å². The molecule has 6 rings (SSSR count). The molecule has 1 aromatic carbocycles. The van der Waals surface area contributed by atoms with Crippen molar-refractivity contribution in [3.63, 3.8) is 0 Å². The summed E-state index contributed by atoms with van der Waals surface area (Å²) in [6.45, 7) is 0.921. The summed E-state index contributed by atoms with van der Waals surface area (Å²) in [6, 6.07) is 7.49. The maximum Gasteiger partial charge on any atom is 0.269 e. The highest BCUT2D eigenvalue weighted by Gasteiger charge is 2.65. The monoisotopic (exact) mass is 418 g/mol. The molecule has 2 bridgehead atoms. The smallest absolute Gasteiger partial charge is 0.269 e. The number of aromatic nitrogens is 1. The summed E-state index contributed by atoms with van der Waals surface area (Å²) in [5.74, 6) is -4.94. The topological polar surface area (TPSA) is 33.2 Å². The molecule has 1 saturated heterocycles. The third-order valence-corrected chi connectivity index (χ3v) is 7.16. The number of likely N-dealkylation sites (tertiary alicyclic amines) is 1. The first kappa shape index (κ1) is 19.5. The van der Waals surface area contributed by atoms with Crippen LogP contribution >= 0.6 is 0 Å². The fourth-order valence-electron chi connectivity index (χ4n) is 5.26. The molecule has 0 spiro atoms. The highest BCUT2D eigenvalue weighted by atomic mass is 19.3. The van der Waals surface area contributed by atoms with Crippen LogP contribution in [-0.4, -0.2) is 34.3 Å². The number of alkyl halides is 2. The predicted molar refractivity (Wildman–Crippen MR) is 103 cm³/mol. The molecule has 3 saturated carbocycles. The number of hydrogen-bond acceptors (Lipinski definition) is 2. The van der Waals surface area contributed by atoms with Crippen molar-refractivity contribution in [1.82, 2.24) is 9.88 Å². The molecule has 0 unspecified atom stereocenters. The van der Waals surface area contributed by atoms with Gasteiger partial charge in [-0.3, -0.25) is 9.78 Å². The number of halogens is 4. The van der Waals surface area contributed by atoms with Crippen molar-refractivity contribution in [2.24, 2.45) is 17.3 Å². The van der Waals surface area contributed by atoms with Gasteiger partial charge >= 0.3 is 0 Å². The van der Waals surface area contributed by atoms with Gasteiger partial charge in [0.1, 0.15) is 11.6 Å². The molecule has 2 heterocycles. The lowest BCUT2D eigenvalue weighted by atomic mass is 9.44. The Bertz CT molecular complexity index is 987. The average Bonchev–Trinajstić information content (AvgIpc) is 2.82. The molecule has 4 fully saturated rings. The van der Waals surface area contributed by atoms with Crippen LogP contribution in [0.25, 0.3) is 11.3 Å². The zero-order chi connectivity index (χ0) is 21.3. The van der Waals surface area contributed by atoms with E-state index in [-0.39, 0.29) is 17.9 Å². The van der Waals surface area contributed by atoms with E-state index in [0.29, 0.717) is 17.3 Å². The lowest BCUT2D eigenvalue weighted by molar-refractivity contribution is -0.178. The van der Waals surface area contributed by atoms with Gasteiger partial charge in [0.15, 0.2) is 0 Å². The molecule has 3 aliphatic carbocycles. The van der Waals surface area contributed by atoms with E-state index >= 15 is 0 Å². The maximum atomic E-state index is 14.6. The summed E-state index contributed by atoms with van der Waals surface area (Å²) < 4.78 is 56.3. The van der Waals surface area contributed by atoms with Crippen LogP contribution in [0.15, 0.2) is 36.4 Å². The normalized spacial score (nSPS) is 31.2. The van der Waals surface area contributed by atoms with Gasteiger partial charge in [-0.05, 0) is 49.4 Å². The van der Waals surface area contributed by atoms with Gasteiger partial charge in [-0.15, -0.1) is 0 Å². The first-order chi connectivity index (χ1) is 14.2. The number of amides is 1. The minimum atomic E-state index is -2.95. The molecule has 2 atom stereocenters. The van der Waals surface area contributed by atoms with Crippen LogP contribution < -0.4 is 0 Å². The fraction of sp³-hybridized carbons (Fsp3) is 0.478. The number of nitrogens with zero attached hydrogens (tertiary/aromatic N) is 2. The number of carbonyl (C=O) groups excluding carboxylic acids is 1. The van der Waals surface area contributed by atoms with Crippen molar-refractivity contribution < 1.29 is 22.4 Å². The molecular formula is C23H22F4N2O. The van der Waals surface area contributed by atoms with Gasteiger partial charge in [0.05, 0.1) is 17.7 Å². The zero-order valence-corrected chi connectivity index (χ0v) is 16.5. The number of rotatable bonds is 4. The average molecular weight is 418 g/mol. The van der Waals surface area contributed by atoms with Crippen molar-refractivity contribution in [1.29, 1.82) is 0 Å².